The topological polar surface area (TPSA) is 81.0 Å². The summed E-state index contributed by atoms with van der Waals surface area (Å²) in [5.74, 6) is 1.71. The Morgan fingerprint density at radius 2 is 1.71 bits per heavy atom. The van der Waals surface area contributed by atoms with Gasteiger partial charge in [-0.2, -0.15) is 0 Å². The number of nitrogens with two attached hydrogens (primary N) is 1. The number of thioether (sulfide) groups is 1. The average molecular weight is 339 g/mol. The Bertz CT molecular complexity index is 851. The average Bonchev–Trinajstić information content (AvgIpc) is 2.60. The van der Waals surface area contributed by atoms with Crippen LogP contribution in [-0.2, 0) is 0 Å². The Kier molecular flexibility index (Phi) is 5.18. The van der Waals surface area contributed by atoms with Gasteiger partial charge in [-0.05, 0) is 17.7 Å². The van der Waals surface area contributed by atoms with Gasteiger partial charge in [0.25, 0.3) is 5.56 Å². The number of ether oxygens (including phenoxy) is 1. The summed E-state index contributed by atoms with van der Waals surface area (Å²) in [6.07, 6.45) is 0. The summed E-state index contributed by atoms with van der Waals surface area (Å²) in [5.41, 5.74) is 6.90. The van der Waals surface area contributed by atoms with Crippen LogP contribution in [0.1, 0.15) is 0 Å². The number of benzene rings is 2. The molecule has 2 aromatic carbocycles. The van der Waals surface area contributed by atoms with Gasteiger partial charge in [-0.25, -0.2) is 4.98 Å². The van der Waals surface area contributed by atoms with Crippen LogP contribution in [0.3, 0.4) is 0 Å². The van der Waals surface area contributed by atoms with Crippen molar-refractivity contribution in [3.63, 3.8) is 0 Å². The predicted octanol–water partition coefficient (Wildman–Crippen LogP) is 3.19. The van der Waals surface area contributed by atoms with Crippen molar-refractivity contribution >= 4 is 17.6 Å². The van der Waals surface area contributed by atoms with Crippen LogP contribution in [0.25, 0.3) is 11.1 Å². The molecule has 1 heterocycles. The third-order valence-corrected chi connectivity index (χ3v) is 4.16. The third kappa shape index (κ3) is 3.97. The molecule has 0 aliphatic carbocycles. The standard InChI is InChI=1S/C18H17N3O2S/c19-16-15(13-7-3-1-4-8-13)17(22)21-18(20-16)24-12-11-23-14-9-5-2-6-10-14/h1-10H,11-12H2,(H3,19,20,21,22). The number of aromatic nitrogens is 2. The van der Waals surface area contributed by atoms with E-state index in [1.165, 1.54) is 11.8 Å². The number of hydrogen-bond donors (Lipinski definition) is 2. The van der Waals surface area contributed by atoms with E-state index in [2.05, 4.69) is 9.97 Å². The number of nitrogens with zero attached hydrogens (tertiary/aromatic N) is 1. The van der Waals surface area contributed by atoms with Crippen LogP contribution < -0.4 is 16.0 Å². The fraction of sp³-hybridized carbons (Fsp3) is 0.111. The summed E-state index contributed by atoms with van der Waals surface area (Å²) in [6.45, 7) is 0.513. The van der Waals surface area contributed by atoms with Crippen molar-refractivity contribution in [1.82, 2.24) is 9.97 Å². The molecule has 3 rings (SSSR count). The molecule has 122 valence electrons. The van der Waals surface area contributed by atoms with Gasteiger partial charge in [0.15, 0.2) is 5.16 Å². The van der Waals surface area contributed by atoms with Crippen molar-refractivity contribution in [3.8, 4) is 16.9 Å². The van der Waals surface area contributed by atoms with Gasteiger partial charge in [0.05, 0.1) is 12.2 Å². The van der Waals surface area contributed by atoms with Crippen molar-refractivity contribution in [2.24, 2.45) is 0 Å². The molecule has 0 radical (unpaired) electrons. The minimum Gasteiger partial charge on any atom is -0.493 e. The van der Waals surface area contributed by atoms with Gasteiger partial charge in [0, 0.05) is 5.75 Å². The fourth-order valence-corrected chi connectivity index (χ4v) is 2.92. The third-order valence-electron chi connectivity index (χ3n) is 3.32. The zero-order valence-corrected chi connectivity index (χ0v) is 13.8. The van der Waals surface area contributed by atoms with Crippen LogP contribution in [-0.4, -0.2) is 22.3 Å². The molecule has 3 aromatic rings. The van der Waals surface area contributed by atoms with E-state index in [9.17, 15) is 4.79 Å². The van der Waals surface area contributed by atoms with Crippen LogP contribution in [0, 0.1) is 0 Å². The largest absolute Gasteiger partial charge is 0.493 e. The van der Waals surface area contributed by atoms with E-state index in [4.69, 9.17) is 10.5 Å². The molecule has 1 aromatic heterocycles. The number of para-hydroxylation sites is 1. The van der Waals surface area contributed by atoms with E-state index < -0.39 is 0 Å². The molecule has 0 saturated carbocycles. The van der Waals surface area contributed by atoms with Gasteiger partial charge >= 0.3 is 0 Å². The molecule has 0 spiro atoms. The lowest BCUT2D eigenvalue weighted by Crippen LogP contribution is -2.15. The summed E-state index contributed by atoms with van der Waals surface area (Å²) in [6, 6.07) is 18.9. The van der Waals surface area contributed by atoms with E-state index in [-0.39, 0.29) is 11.4 Å². The van der Waals surface area contributed by atoms with Gasteiger partial charge in [0.1, 0.15) is 11.6 Å². The minimum atomic E-state index is -0.236. The maximum absolute atomic E-state index is 12.3. The molecule has 3 N–H and O–H groups in total. The van der Waals surface area contributed by atoms with E-state index in [0.717, 1.165) is 11.3 Å². The highest BCUT2D eigenvalue weighted by Gasteiger charge is 2.11. The lowest BCUT2D eigenvalue weighted by molar-refractivity contribution is 0.344. The zero-order chi connectivity index (χ0) is 16.8. The number of H-pyrrole nitrogens is 1. The highest BCUT2D eigenvalue weighted by Crippen LogP contribution is 2.22. The van der Waals surface area contributed by atoms with Crippen LogP contribution in [0.2, 0.25) is 0 Å². The summed E-state index contributed by atoms with van der Waals surface area (Å²) >= 11 is 1.40. The van der Waals surface area contributed by atoms with E-state index >= 15 is 0 Å². The Hall–Kier alpha value is -2.73. The van der Waals surface area contributed by atoms with Crippen molar-refractivity contribution in [1.29, 1.82) is 0 Å². The fourth-order valence-electron chi connectivity index (χ4n) is 2.24. The molecule has 0 unspecified atom stereocenters. The Morgan fingerprint density at radius 3 is 2.38 bits per heavy atom. The first kappa shape index (κ1) is 16.1. The SMILES string of the molecule is Nc1nc(SCCOc2ccccc2)[nH]c(=O)c1-c1ccccc1. The number of rotatable bonds is 6. The van der Waals surface area contributed by atoms with Crippen molar-refractivity contribution in [3.05, 3.63) is 71.0 Å². The highest BCUT2D eigenvalue weighted by atomic mass is 32.2. The molecule has 0 saturated heterocycles. The molecule has 6 heteroatoms. The zero-order valence-electron chi connectivity index (χ0n) is 12.9. The first-order chi connectivity index (χ1) is 11.7. The van der Waals surface area contributed by atoms with Gasteiger partial charge in [0.2, 0.25) is 0 Å². The monoisotopic (exact) mass is 339 g/mol. The van der Waals surface area contributed by atoms with E-state index in [1.807, 2.05) is 60.7 Å². The van der Waals surface area contributed by atoms with E-state index in [1.54, 1.807) is 0 Å². The molecule has 0 aliphatic rings. The lowest BCUT2D eigenvalue weighted by atomic mass is 10.1. The molecule has 0 fully saturated rings. The maximum atomic E-state index is 12.3. The second-order valence-electron chi connectivity index (χ2n) is 5.01. The van der Waals surface area contributed by atoms with Gasteiger partial charge in [-0.1, -0.05) is 60.3 Å². The quantitative estimate of drug-likeness (QED) is 0.409. The van der Waals surface area contributed by atoms with Crippen molar-refractivity contribution in [2.75, 3.05) is 18.1 Å². The molecule has 24 heavy (non-hydrogen) atoms. The normalized spacial score (nSPS) is 10.5. The molecule has 0 amide bonds. The van der Waals surface area contributed by atoms with Gasteiger partial charge in [-0.3, -0.25) is 4.79 Å². The van der Waals surface area contributed by atoms with Crippen molar-refractivity contribution < 1.29 is 4.74 Å². The minimum absolute atomic E-state index is 0.233. The highest BCUT2D eigenvalue weighted by molar-refractivity contribution is 7.99. The molecular formula is C18H17N3O2S. The smallest absolute Gasteiger partial charge is 0.261 e. The number of nitrogens with one attached hydrogen (secondary N) is 1. The molecule has 0 aliphatic heterocycles. The van der Waals surface area contributed by atoms with Crippen molar-refractivity contribution in [2.45, 2.75) is 5.16 Å². The Balaban J connectivity index is 1.64. The molecular weight excluding hydrogens is 322 g/mol. The van der Waals surface area contributed by atoms with Crippen LogP contribution in [0.4, 0.5) is 5.82 Å². The second kappa shape index (κ2) is 7.70. The summed E-state index contributed by atoms with van der Waals surface area (Å²) in [4.78, 5) is 19.4. The molecule has 0 bridgehead atoms. The van der Waals surface area contributed by atoms with Gasteiger partial charge in [-0.15, -0.1) is 0 Å². The number of hydrogen-bond acceptors (Lipinski definition) is 5. The maximum Gasteiger partial charge on any atom is 0.261 e. The summed E-state index contributed by atoms with van der Waals surface area (Å²) in [7, 11) is 0. The Labute approximate surface area is 143 Å². The molecule has 0 atom stereocenters. The Morgan fingerprint density at radius 1 is 1.04 bits per heavy atom. The first-order valence-electron chi connectivity index (χ1n) is 7.50. The summed E-state index contributed by atoms with van der Waals surface area (Å²) in [5, 5.41) is 0.494. The lowest BCUT2D eigenvalue weighted by Gasteiger charge is -2.08. The second-order valence-corrected chi connectivity index (χ2v) is 6.09. The van der Waals surface area contributed by atoms with Crippen LogP contribution in [0.15, 0.2) is 70.6 Å². The number of anilines is 1. The molecule has 5 nitrogen and oxygen atoms in total. The van der Waals surface area contributed by atoms with Crippen LogP contribution >= 0.6 is 11.8 Å². The number of aromatic amines is 1. The first-order valence-corrected chi connectivity index (χ1v) is 8.48. The van der Waals surface area contributed by atoms with Gasteiger partial charge < -0.3 is 15.5 Å². The summed E-state index contributed by atoms with van der Waals surface area (Å²) < 4.78 is 5.61. The van der Waals surface area contributed by atoms with E-state index in [0.29, 0.717) is 23.1 Å². The number of nitrogen functional groups attached to an aromatic ring is 1. The predicted molar refractivity (Wildman–Crippen MR) is 97.4 cm³/mol. The van der Waals surface area contributed by atoms with Crippen LogP contribution in [0.5, 0.6) is 5.75 Å².